The van der Waals surface area contributed by atoms with Gasteiger partial charge in [-0.15, -0.1) is 0 Å². The van der Waals surface area contributed by atoms with Gasteiger partial charge in [-0.25, -0.2) is 0 Å². The van der Waals surface area contributed by atoms with Crippen molar-refractivity contribution in [3.8, 4) is 0 Å². The Balaban J connectivity index is 1.45. The van der Waals surface area contributed by atoms with Gasteiger partial charge in [0.05, 0.1) is 0 Å². The van der Waals surface area contributed by atoms with Crippen LogP contribution in [0.1, 0.15) is 119 Å². The molecule has 4 aliphatic carbocycles. The zero-order valence-electron chi connectivity index (χ0n) is 21.8. The molecular formula is C30H53N. The van der Waals surface area contributed by atoms with E-state index < -0.39 is 0 Å². The highest BCUT2D eigenvalue weighted by atomic mass is 14.9. The quantitative estimate of drug-likeness (QED) is 0.383. The van der Waals surface area contributed by atoms with E-state index in [4.69, 9.17) is 0 Å². The fourth-order valence-corrected chi connectivity index (χ4v) is 9.21. The van der Waals surface area contributed by atoms with Crippen LogP contribution in [0.2, 0.25) is 0 Å². The van der Waals surface area contributed by atoms with Gasteiger partial charge in [0.1, 0.15) is 0 Å². The second-order valence-electron chi connectivity index (χ2n) is 13.2. The van der Waals surface area contributed by atoms with Crippen molar-refractivity contribution in [1.29, 1.82) is 0 Å². The summed E-state index contributed by atoms with van der Waals surface area (Å²) in [6, 6.07) is 0.743. The number of rotatable bonds is 8. The van der Waals surface area contributed by atoms with E-state index in [2.05, 4.69) is 52.9 Å². The summed E-state index contributed by atoms with van der Waals surface area (Å²) in [5, 5.41) is 3.84. The first kappa shape index (κ1) is 23.8. The molecule has 1 heteroatoms. The smallest absolute Gasteiger partial charge is 0.0105 e. The molecule has 0 aliphatic heterocycles. The Morgan fingerprint density at radius 2 is 1.81 bits per heavy atom. The first-order valence-corrected chi connectivity index (χ1v) is 14.2. The summed E-state index contributed by atoms with van der Waals surface area (Å²) in [6.45, 7) is 16.3. The van der Waals surface area contributed by atoms with E-state index in [9.17, 15) is 0 Å². The van der Waals surface area contributed by atoms with Crippen molar-refractivity contribution in [2.24, 2.45) is 46.3 Å². The minimum Gasteiger partial charge on any atom is -0.314 e. The molecule has 0 spiro atoms. The zero-order chi connectivity index (χ0) is 22.2. The van der Waals surface area contributed by atoms with Crippen molar-refractivity contribution in [2.45, 2.75) is 125 Å². The summed E-state index contributed by atoms with van der Waals surface area (Å²) in [4.78, 5) is 0. The number of hydrogen-bond donors (Lipinski definition) is 1. The minimum atomic E-state index is 0.510. The van der Waals surface area contributed by atoms with Gasteiger partial charge in [-0.3, -0.25) is 0 Å². The lowest BCUT2D eigenvalue weighted by molar-refractivity contribution is -0.0514. The highest BCUT2D eigenvalue weighted by molar-refractivity contribution is 5.26. The second-order valence-corrected chi connectivity index (χ2v) is 13.2. The van der Waals surface area contributed by atoms with Gasteiger partial charge in [0, 0.05) is 6.04 Å². The van der Waals surface area contributed by atoms with Crippen LogP contribution >= 0.6 is 0 Å². The predicted molar refractivity (Wildman–Crippen MR) is 135 cm³/mol. The molecule has 3 fully saturated rings. The molecule has 5 unspecified atom stereocenters. The van der Waals surface area contributed by atoms with Crippen molar-refractivity contribution in [1.82, 2.24) is 5.32 Å². The van der Waals surface area contributed by atoms with E-state index in [-0.39, 0.29) is 0 Å². The SMILES string of the molecule is CCCN[C@H]1CCC2(C)C(=CCC3C2CCC2(C)C([C@H](C)CCCC(C)C)CC[C@@H]32)C1. The standard InChI is InChI=1S/C30H53N/c1-7-19-31-24-15-17-29(5)23(20-24)11-12-25-27-14-13-26(22(4)10-8-9-21(2)3)30(27,6)18-16-28(25)29/h11,21-22,24-28,31H,7-10,12-20H2,1-6H3/t22-,24+,25?,26?,27+,28?,29?,30?/m1/s1. The fraction of sp³-hybridized carbons (Fsp3) is 0.933. The Bertz CT molecular complexity index is 634. The minimum absolute atomic E-state index is 0.510. The van der Waals surface area contributed by atoms with E-state index in [0.717, 1.165) is 41.5 Å². The molecule has 0 aromatic rings. The summed E-state index contributed by atoms with van der Waals surface area (Å²) in [5.74, 6) is 5.71. The number of allylic oxidation sites excluding steroid dienone is 1. The van der Waals surface area contributed by atoms with Crippen LogP contribution in [-0.4, -0.2) is 12.6 Å². The highest BCUT2D eigenvalue weighted by Gasteiger charge is 2.59. The average Bonchev–Trinajstić information content (AvgIpc) is 3.09. The van der Waals surface area contributed by atoms with Gasteiger partial charge in [0.15, 0.2) is 0 Å². The Morgan fingerprint density at radius 3 is 2.55 bits per heavy atom. The van der Waals surface area contributed by atoms with E-state index in [1.165, 1.54) is 83.6 Å². The molecule has 4 rings (SSSR count). The van der Waals surface area contributed by atoms with Crippen LogP contribution < -0.4 is 5.32 Å². The Kier molecular flexibility index (Phi) is 7.32. The summed E-state index contributed by atoms with van der Waals surface area (Å²) < 4.78 is 0. The molecule has 3 saturated carbocycles. The molecular weight excluding hydrogens is 374 g/mol. The molecule has 1 nitrogen and oxygen atoms in total. The third-order valence-electron chi connectivity index (χ3n) is 11.0. The number of fused-ring (bicyclic) bond motifs is 5. The average molecular weight is 428 g/mol. The molecule has 0 aromatic heterocycles. The number of hydrogen-bond acceptors (Lipinski definition) is 1. The maximum absolute atomic E-state index is 3.84. The lowest BCUT2D eigenvalue weighted by atomic mass is 9.47. The van der Waals surface area contributed by atoms with Crippen LogP contribution in [0.5, 0.6) is 0 Å². The van der Waals surface area contributed by atoms with Crippen LogP contribution in [-0.2, 0) is 0 Å². The van der Waals surface area contributed by atoms with E-state index in [1.807, 2.05) is 5.57 Å². The van der Waals surface area contributed by atoms with Crippen molar-refractivity contribution in [3.05, 3.63) is 11.6 Å². The van der Waals surface area contributed by atoms with Gasteiger partial charge >= 0.3 is 0 Å². The van der Waals surface area contributed by atoms with Gasteiger partial charge in [0.25, 0.3) is 0 Å². The summed E-state index contributed by atoms with van der Waals surface area (Å²) in [5.41, 5.74) is 2.98. The fourth-order valence-electron chi connectivity index (χ4n) is 9.21. The first-order chi connectivity index (χ1) is 14.8. The van der Waals surface area contributed by atoms with Crippen LogP contribution in [0.15, 0.2) is 11.6 Å². The van der Waals surface area contributed by atoms with Gasteiger partial charge in [-0.05, 0) is 111 Å². The van der Waals surface area contributed by atoms with Crippen molar-refractivity contribution in [3.63, 3.8) is 0 Å². The van der Waals surface area contributed by atoms with Crippen molar-refractivity contribution < 1.29 is 0 Å². The molecule has 0 heterocycles. The Morgan fingerprint density at radius 1 is 1.00 bits per heavy atom. The van der Waals surface area contributed by atoms with Gasteiger partial charge < -0.3 is 5.32 Å². The lowest BCUT2D eigenvalue weighted by Crippen LogP contribution is -2.51. The summed E-state index contributed by atoms with van der Waals surface area (Å²) in [7, 11) is 0. The molecule has 1 N–H and O–H groups in total. The number of nitrogens with one attached hydrogen (secondary N) is 1. The van der Waals surface area contributed by atoms with Crippen molar-refractivity contribution in [2.75, 3.05) is 6.54 Å². The lowest BCUT2D eigenvalue weighted by Gasteiger charge is -2.58. The molecule has 0 saturated heterocycles. The molecule has 178 valence electrons. The van der Waals surface area contributed by atoms with E-state index >= 15 is 0 Å². The van der Waals surface area contributed by atoms with E-state index in [1.54, 1.807) is 0 Å². The van der Waals surface area contributed by atoms with Crippen LogP contribution in [0, 0.1) is 46.3 Å². The molecule has 0 aromatic carbocycles. The maximum atomic E-state index is 3.84. The second kappa shape index (κ2) is 9.52. The Hall–Kier alpha value is -0.300. The van der Waals surface area contributed by atoms with Crippen LogP contribution in [0.25, 0.3) is 0 Å². The molecule has 0 bridgehead atoms. The molecule has 4 aliphatic rings. The van der Waals surface area contributed by atoms with E-state index in [0.29, 0.717) is 10.8 Å². The third kappa shape index (κ3) is 4.43. The third-order valence-corrected chi connectivity index (χ3v) is 11.0. The summed E-state index contributed by atoms with van der Waals surface area (Å²) in [6.07, 6.45) is 20.0. The maximum Gasteiger partial charge on any atom is 0.0105 e. The predicted octanol–water partition coefficient (Wildman–Crippen LogP) is 8.40. The largest absolute Gasteiger partial charge is 0.314 e. The Labute approximate surface area is 194 Å². The van der Waals surface area contributed by atoms with Crippen molar-refractivity contribution >= 4 is 0 Å². The van der Waals surface area contributed by atoms with Crippen LogP contribution in [0.3, 0.4) is 0 Å². The molecule has 31 heavy (non-hydrogen) atoms. The first-order valence-electron chi connectivity index (χ1n) is 14.2. The topological polar surface area (TPSA) is 12.0 Å². The molecule has 0 amide bonds. The normalized spacial score (nSPS) is 43.2. The summed E-state index contributed by atoms with van der Waals surface area (Å²) >= 11 is 0. The van der Waals surface area contributed by atoms with Gasteiger partial charge in [-0.2, -0.15) is 0 Å². The molecule has 8 atom stereocenters. The van der Waals surface area contributed by atoms with Crippen LogP contribution in [0.4, 0.5) is 0 Å². The monoisotopic (exact) mass is 427 g/mol. The van der Waals surface area contributed by atoms with Gasteiger partial charge in [-0.1, -0.05) is 72.5 Å². The van der Waals surface area contributed by atoms with Gasteiger partial charge in [0.2, 0.25) is 0 Å². The zero-order valence-corrected chi connectivity index (χ0v) is 21.8. The molecule has 0 radical (unpaired) electrons. The highest BCUT2D eigenvalue weighted by Crippen LogP contribution is 2.67.